The van der Waals surface area contributed by atoms with Gasteiger partial charge >= 0.3 is 5.97 Å². The largest absolute Gasteiger partial charge is 0.464 e. The zero-order valence-electron chi connectivity index (χ0n) is 15.3. The van der Waals surface area contributed by atoms with Crippen molar-refractivity contribution in [1.29, 1.82) is 0 Å². The molecule has 3 rings (SSSR count). The molecule has 2 aromatic rings. The predicted molar refractivity (Wildman–Crippen MR) is 103 cm³/mol. The van der Waals surface area contributed by atoms with Gasteiger partial charge in [0.2, 0.25) is 5.91 Å². The minimum absolute atomic E-state index is 0.173. The number of hydrogen-bond acceptors (Lipinski definition) is 4. The Morgan fingerprint density at radius 1 is 1.38 bits per heavy atom. The number of likely N-dealkylation sites (tertiary alicyclic amines) is 1. The average molecular weight is 378 g/mol. The summed E-state index contributed by atoms with van der Waals surface area (Å²) in [5.41, 5.74) is 1.45. The highest BCUT2D eigenvalue weighted by atomic mass is 35.5. The van der Waals surface area contributed by atoms with E-state index in [-0.39, 0.29) is 23.6 Å². The van der Waals surface area contributed by atoms with Crippen LogP contribution in [0.5, 0.6) is 0 Å². The van der Waals surface area contributed by atoms with Gasteiger partial charge in [0.1, 0.15) is 5.69 Å². The first-order valence-electron chi connectivity index (χ1n) is 8.71. The topological polar surface area (TPSA) is 74.4 Å². The van der Waals surface area contributed by atoms with E-state index in [2.05, 4.69) is 29.0 Å². The molecule has 6 nitrogen and oxygen atoms in total. The molecule has 26 heavy (non-hydrogen) atoms. The number of hydrogen-bond donors (Lipinski definition) is 2. The van der Waals surface area contributed by atoms with E-state index in [1.165, 1.54) is 7.11 Å². The van der Waals surface area contributed by atoms with Crippen molar-refractivity contribution in [1.82, 2.24) is 9.88 Å². The lowest BCUT2D eigenvalue weighted by Gasteiger charge is -2.37. The van der Waals surface area contributed by atoms with Crippen LogP contribution in [0.1, 0.15) is 37.2 Å². The van der Waals surface area contributed by atoms with E-state index in [9.17, 15) is 9.59 Å². The molecule has 2 heterocycles. The van der Waals surface area contributed by atoms with Crippen LogP contribution in [-0.2, 0) is 9.53 Å². The number of halogens is 1. The summed E-state index contributed by atoms with van der Waals surface area (Å²) in [4.78, 5) is 29.9. The van der Waals surface area contributed by atoms with Crippen LogP contribution in [0.25, 0.3) is 10.9 Å². The molecule has 0 unspecified atom stereocenters. The Bertz CT molecular complexity index is 844. The third-order valence-corrected chi connectivity index (χ3v) is 5.09. The van der Waals surface area contributed by atoms with Crippen LogP contribution in [0.4, 0.5) is 5.69 Å². The summed E-state index contributed by atoms with van der Waals surface area (Å²) in [6, 6.07) is 5.31. The first-order chi connectivity index (χ1) is 12.3. The first kappa shape index (κ1) is 18.7. The quantitative estimate of drug-likeness (QED) is 0.797. The molecule has 0 spiro atoms. The lowest BCUT2D eigenvalue weighted by Crippen LogP contribution is -2.43. The van der Waals surface area contributed by atoms with Crippen LogP contribution in [0.2, 0.25) is 5.02 Å². The van der Waals surface area contributed by atoms with Gasteiger partial charge < -0.3 is 15.0 Å². The molecule has 0 aliphatic carbocycles. The highest BCUT2D eigenvalue weighted by Gasteiger charge is 2.28. The van der Waals surface area contributed by atoms with E-state index in [1.807, 2.05) is 0 Å². The van der Waals surface area contributed by atoms with Gasteiger partial charge in [0.25, 0.3) is 0 Å². The Kier molecular flexibility index (Phi) is 5.25. The molecule has 1 fully saturated rings. The molecule has 1 aromatic carbocycles. The summed E-state index contributed by atoms with van der Waals surface area (Å²) in [6.45, 7) is 6.48. The number of carbonyl (C=O) groups excluding carboxylic acids is 2. The number of benzene rings is 1. The number of methoxy groups -OCH3 is 1. The van der Waals surface area contributed by atoms with Crippen LogP contribution < -0.4 is 5.32 Å². The smallest absolute Gasteiger partial charge is 0.356 e. The van der Waals surface area contributed by atoms with Crippen molar-refractivity contribution in [3.8, 4) is 0 Å². The third-order valence-electron chi connectivity index (χ3n) is 4.77. The molecule has 0 bridgehead atoms. The number of rotatable bonds is 4. The predicted octanol–water partition coefficient (Wildman–Crippen LogP) is 3.67. The standard InChI is InChI=1S/C19H24ClN3O3/c1-19(2)8-5-9-23(11-19)10-14(24)22-16-15-12(20)6-4-7-13(15)21-17(16)18(25)26-3/h4,6-7,21H,5,8-11H2,1-3H3,(H,22,24). The van der Waals surface area contributed by atoms with Crippen molar-refractivity contribution < 1.29 is 14.3 Å². The number of H-pyrrole nitrogens is 1. The monoisotopic (exact) mass is 377 g/mol. The Balaban J connectivity index is 1.85. The highest BCUT2D eigenvalue weighted by Crippen LogP contribution is 2.34. The highest BCUT2D eigenvalue weighted by molar-refractivity contribution is 6.37. The van der Waals surface area contributed by atoms with Gasteiger partial charge in [0.05, 0.1) is 24.4 Å². The van der Waals surface area contributed by atoms with E-state index in [0.717, 1.165) is 25.9 Å². The van der Waals surface area contributed by atoms with Gasteiger partial charge in [0.15, 0.2) is 0 Å². The van der Waals surface area contributed by atoms with Gasteiger partial charge in [-0.05, 0) is 36.9 Å². The number of aromatic amines is 1. The molecule has 2 N–H and O–H groups in total. The van der Waals surface area contributed by atoms with E-state index < -0.39 is 5.97 Å². The van der Waals surface area contributed by atoms with E-state index >= 15 is 0 Å². The zero-order valence-corrected chi connectivity index (χ0v) is 16.1. The summed E-state index contributed by atoms with van der Waals surface area (Å²) in [6.07, 6.45) is 2.24. The normalized spacial score (nSPS) is 17.2. The van der Waals surface area contributed by atoms with Gasteiger partial charge in [-0.3, -0.25) is 9.69 Å². The second-order valence-electron chi connectivity index (χ2n) is 7.56. The van der Waals surface area contributed by atoms with Crippen LogP contribution in [0.3, 0.4) is 0 Å². The number of esters is 1. The van der Waals surface area contributed by atoms with Crippen molar-refractivity contribution >= 4 is 40.1 Å². The molecule has 1 aliphatic rings. The van der Waals surface area contributed by atoms with Gasteiger partial charge in [-0.15, -0.1) is 0 Å². The molecule has 0 radical (unpaired) electrons. The van der Waals surface area contributed by atoms with Crippen LogP contribution >= 0.6 is 11.6 Å². The second-order valence-corrected chi connectivity index (χ2v) is 7.96. The molecule has 7 heteroatoms. The molecule has 0 saturated carbocycles. The number of anilines is 1. The number of ether oxygens (including phenoxy) is 1. The Labute approximate surface area is 157 Å². The number of carbonyl (C=O) groups is 2. The van der Waals surface area contributed by atoms with E-state index in [0.29, 0.717) is 21.6 Å². The average Bonchev–Trinajstić information content (AvgIpc) is 2.93. The molecule has 1 aromatic heterocycles. The molecule has 1 amide bonds. The minimum Gasteiger partial charge on any atom is -0.464 e. The maximum atomic E-state index is 12.6. The molecule has 140 valence electrons. The van der Waals surface area contributed by atoms with Crippen LogP contribution in [0, 0.1) is 5.41 Å². The molecule has 1 saturated heterocycles. The van der Waals surface area contributed by atoms with Crippen LogP contribution in [0.15, 0.2) is 18.2 Å². The van der Waals surface area contributed by atoms with Crippen molar-refractivity contribution in [3.63, 3.8) is 0 Å². The van der Waals surface area contributed by atoms with Crippen molar-refractivity contribution in [2.75, 3.05) is 32.1 Å². The molecular formula is C19H24ClN3O3. The fraction of sp³-hybridized carbons (Fsp3) is 0.474. The lowest BCUT2D eigenvalue weighted by atomic mass is 9.84. The number of aromatic nitrogens is 1. The minimum atomic E-state index is -0.549. The lowest BCUT2D eigenvalue weighted by molar-refractivity contribution is -0.118. The number of piperidine rings is 1. The van der Waals surface area contributed by atoms with Crippen molar-refractivity contribution in [2.24, 2.45) is 5.41 Å². The molecular weight excluding hydrogens is 354 g/mol. The second kappa shape index (κ2) is 7.29. The summed E-state index contributed by atoms with van der Waals surface area (Å²) in [5, 5.41) is 3.94. The summed E-state index contributed by atoms with van der Waals surface area (Å²) in [7, 11) is 1.30. The summed E-state index contributed by atoms with van der Waals surface area (Å²) in [5.74, 6) is -0.722. The van der Waals surface area contributed by atoms with Gasteiger partial charge in [-0.25, -0.2) is 4.79 Å². The number of nitrogens with one attached hydrogen (secondary N) is 2. The van der Waals surface area contributed by atoms with Gasteiger partial charge in [0, 0.05) is 17.4 Å². The summed E-state index contributed by atoms with van der Waals surface area (Å²) < 4.78 is 4.83. The Morgan fingerprint density at radius 2 is 2.15 bits per heavy atom. The van der Waals surface area contributed by atoms with E-state index in [1.54, 1.807) is 18.2 Å². The van der Waals surface area contributed by atoms with E-state index in [4.69, 9.17) is 16.3 Å². The fourth-order valence-electron chi connectivity index (χ4n) is 3.65. The number of fused-ring (bicyclic) bond motifs is 1. The number of nitrogens with zero attached hydrogens (tertiary/aromatic N) is 1. The SMILES string of the molecule is COC(=O)c1[nH]c2cccc(Cl)c2c1NC(=O)CN1CCCC(C)(C)C1. The van der Waals surface area contributed by atoms with Gasteiger partial charge in [-0.1, -0.05) is 31.5 Å². The molecule has 1 aliphatic heterocycles. The van der Waals surface area contributed by atoms with Crippen molar-refractivity contribution in [3.05, 3.63) is 28.9 Å². The first-order valence-corrected chi connectivity index (χ1v) is 9.09. The summed E-state index contributed by atoms with van der Waals surface area (Å²) >= 11 is 6.30. The maximum absolute atomic E-state index is 12.6. The third kappa shape index (κ3) is 3.86. The fourth-order valence-corrected chi connectivity index (χ4v) is 3.92. The number of amides is 1. The van der Waals surface area contributed by atoms with Gasteiger partial charge in [-0.2, -0.15) is 0 Å². The Hall–Kier alpha value is -2.05. The van der Waals surface area contributed by atoms with Crippen LogP contribution in [-0.4, -0.2) is 48.5 Å². The van der Waals surface area contributed by atoms with Crippen molar-refractivity contribution in [2.45, 2.75) is 26.7 Å². The zero-order chi connectivity index (χ0) is 18.9. The molecule has 0 atom stereocenters. The Morgan fingerprint density at radius 3 is 2.85 bits per heavy atom. The maximum Gasteiger partial charge on any atom is 0.356 e.